The molecule has 0 aliphatic heterocycles. The van der Waals surface area contributed by atoms with Gasteiger partial charge >= 0.3 is 11.9 Å². The van der Waals surface area contributed by atoms with Crippen molar-refractivity contribution >= 4 is 45.2 Å². The third kappa shape index (κ3) is 4.67. The summed E-state index contributed by atoms with van der Waals surface area (Å²) in [6.07, 6.45) is 3.69. The summed E-state index contributed by atoms with van der Waals surface area (Å²) in [6, 6.07) is 14.7. The molecule has 9 heteroatoms. The maximum Gasteiger partial charge on any atom is 0.341 e. The van der Waals surface area contributed by atoms with Crippen LogP contribution in [0, 0.1) is 0 Å². The number of carbonyl (C=O) groups excluding carboxylic acids is 3. The number of aromatic nitrogens is 2. The molecule has 1 aliphatic rings. The Balaban J connectivity index is 1.26. The van der Waals surface area contributed by atoms with E-state index in [4.69, 9.17) is 9.47 Å². The number of thiophene rings is 1. The number of H-pyrrole nitrogens is 1. The lowest BCUT2D eigenvalue weighted by Crippen LogP contribution is -2.21. The number of hydrogen-bond donors (Lipinski definition) is 2. The molecule has 35 heavy (non-hydrogen) atoms. The highest BCUT2D eigenvalue weighted by Gasteiger charge is 2.27. The fourth-order valence-corrected chi connectivity index (χ4v) is 5.51. The average molecular weight is 490 g/mol. The van der Waals surface area contributed by atoms with Crippen LogP contribution in [0.2, 0.25) is 0 Å². The van der Waals surface area contributed by atoms with Gasteiger partial charge in [0.15, 0.2) is 6.61 Å². The number of hydrogen-bond acceptors (Lipinski definition) is 7. The van der Waals surface area contributed by atoms with E-state index in [-0.39, 0.29) is 0 Å². The molecule has 1 aliphatic carbocycles. The van der Waals surface area contributed by atoms with Crippen molar-refractivity contribution in [2.45, 2.75) is 25.7 Å². The third-order valence-corrected chi connectivity index (χ3v) is 7.12. The van der Waals surface area contributed by atoms with Gasteiger partial charge in [0, 0.05) is 10.4 Å². The van der Waals surface area contributed by atoms with Gasteiger partial charge in [0.25, 0.3) is 5.91 Å². The van der Waals surface area contributed by atoms with Gasteiger partial charge in [0.2, 0.25) is 0 Å². The number of fused-ring (bicyclic) bond motifs is 2. The molecule has 0 radical (unpaired) electrons. The van der Waals surface area contributed by atoms with Gasteiger partial charge in [-0.1, -0.05) is 30.3 Å². The summed E-state index contributed by atoms with van der Waals surface area (Å²) in [5.74, 6) is -0.919. The van der Waals surface area contributed by atoms with Gasteiger partial charge in [-0.3, -0.25) is 4.79 Å². The molecule has 178 valence electrons. The quantitative estimate of drug-likeness (QED) is 0.378. The van der Waals surface area contributed by atoms with Gasteiger partial charge in [-0.25, -0.2) is 14.6 Å². The van der Waals surface area contributed by atoms with Gasteiger partial charge in [-0.05, 0) is 49.4 Å². The first kappa shape index (κ1) is 22.8. The van der Waals surface area contributed by atoms with E-state index in [0.717, 1.165) is 47.2 Å². The van der Waals surface area contributed by atoms with Gasteiger partial charge in [0.1, 0.15) is 10.8 Å². The second-order valence-corrected chi connectivity index (χ2v) is 9.32. The van der Waals surface area contributed by atoms with Crippen LogP contribution in [0.5, 0.6) is 0 Å². The molecule has 0 saturated carbocycles. The molecule has 2 aromatic heterocycles. The summed E-state index contributed by atoms with van der Waals surface area (Å²) >= 11 is 1.38. The number of methoxy groups -OCH3 is 1. The zero-order valence-electron chi connectivity index (χ0n) is 19.1. The lowest BCUT2D eigenvalue weighted by atomic mass is 9.95. The van der Waals surface area contributed by atoms with Gasteiger partial charge in [-0.2, -0.15) is 0 Å². The molecule has 0 fully saturated rings. The van der Waals surface area contributed by atoms with Crippen molar-refractivity contribution in [3.63, 3.8) is 0 Å². The first-order chi connectivity index (χ1) is 17.0. The number of nitrogens with one attached hydrogen (secondary N) is 2. The molecule has 0 unspecified atom stereocenters. The highest BCUT2D eigenvalue weighted by molar-refractivity contribution is 7.17. The Bertz CT molecular complexity index is 1420. The van der Waals surface area contributed by atoms with Crippen molar-refractivity contribution in [2.75, 3.05) is 19.0 Å². The molecule has 5 rings (SSSR count). The van der Waals surface area contributed by atoms with E-state index in [1.54, 1.807) is 18.2 Å². The fourth-order valence-electron chi connectivity index (χ4n) is 4.22. The topological polar surface area (TPSA) is 110 Å². The molecule has 0 atom stereocenters. The second kappa shape index (κ2) is 9.71. The molecule has 2 heterocycles. The minimum absolute atomic E-state index is 0.301. The molecule has 0 spiro atoms. The summed E-state index contributed by atoms with van der Waals surface area (Å²) in [4.78, 5) is 46.3. The monoisotopic (exact) mass is 489 g/mol. The smallest absolute Gasteiger partial charge is 0.341 e. The number of aryl methyl sites for hydroxylation is 1. The number of ether oxygens (including phenoxy) is 2. The van der Waals surface area contributed by atoms with E-state index < -0.39 is 24.5 Å². The Morgan fingerprint density at radius 1 is 1.06 bits per heavy atom. The lowest BCUT2D eigenvalue weighted by Gasteiger charge is -2.11. The standard InChI is InChI=1S/C26H23N3O5S/c1-33-26(32)22-17-9-5-6-10-20(17)35-24(22)29-21(30)14-34-25(31)16-11-12-18-19(13-16)28-23(27-18)15-7-3-2-4-8-15/h2-4,7-8,11-13H,5-6,9-10,14H2,1H3,(H,27,28)(H,29,30). The van der Waals surface area contributed by atoms with Gasteiger partial charge < -0.3 is 19.8 Å². The fraction of sp³-hybridized carbons (Fsp3) is 0.231. The SMILES string of the molecule is COC(=O)c1c(NC(=O)COC(=O)c2ccc3nc(-c4ccccc4)[nH]c3c2)sc2c1CCCC2. The summed E-state index contributed by atoms with van der Waals surface area (Å²) in [7, 11) is 1.32. The van der Waals surface area contributed by atoms with Crippen LogP contribution < -0.4 is 5.32 Å². The van der Waals surface area contributed by atoms with Crippen LogP contribution in [-0.2, 0) is 27.1 Å². The van der Waals surface area contributed by atoms with Crippen molar-refractivity contribution in [3.05, 3.63) is 70.1 Å². The van der Waals surface area contributed by atoms with Gasteiger partial charge in [0.05, 0.1) is 29.3 Å². The summed E-state index contributed by atoms with van der Waals surface area (Å²) in [6.45, 7) is -0.474. The van der Waals surface area contributed by atoms with Crippen LogP contribution in [0.4, 0.5) is 5.00 Å². The number of imidazole rings is 1. The Morgan fingerprint density at radius 3 is 2.66 bits per heavy atom. The number of anilines is 1. The predicted molar refractivity (Wildman–Crippen MR) is 133 cm³/mol. The molecule has 8 nitrogen and oxygen atoms in total. The molecule has 2 aromatic carbocycles. The number of carbonyl (C=O) groups is 3. The molecular formula is C26H23N3O5S. The summed E-state index contributed by atoms with van der Waals surface area (Å²) in [5, 5.41) is 3.17. The van der Waals surface area contributed by atoms with Crippen LogP contribution >= 0.6 is 11.3 Å². The number of amides is 1. The van der Waals surface area contributed by atoms with Crippen molar-refractivity contribution in [3.8, 4) is 11.4 Å². The van der Waals surface area contributed by atoms with Gasteiger partial charge in [-0.15, -0.1) is 11.3 Å². The number of esters is 2. The molecule has 0 bridgehead atoms. The average Bonchev–Trinajstić information content (AvgIpc) is 3.48. The van der Waals surface area contributed by atoms with Crippen LogP contribution in [0.25, 0.3) is 22.4 Å². The highest BCUT2D eigenvalue weighted by Crippen LogP contribution is 2.38. The van der Waals surface area contributed by atoms with Crippen LogP contribution in [-0.4, -0.2) is 41.5 Å². The minimum Gasteiger partial charge on any atom is -0.465 e. The van der Waals surface area contributed by atoms with E-state index in [9.17, 15) is 14.4 Å². The molecule has 0 saturated heterocycles. The largest absolute Gasteiger partial charge is 0.465 e. The van der Waals surface area contributed by atoms with Crippen LogP contribution in [0.15, 0.2) is 48.5 Å². The molecule has 2 N–H and O–H groups in total. The first-order valence-corrected chi connectivity index (χ1v) is 12.1. The van der Waals surface area contributed by atoms with E-state index in [1.807, 2.05) is 30.3 Å². The first-order valence-electron chi connectivity index (χ1n) is 11.3. The highest BCUT2D eigenvalue weighted by atomic mass is 32.1. The normalized spacial score (nSPS) is 12.7. The van der Waals surface area contributed by atoms with Crippen molar-refractivity contribution in [1.29, 1.82) is 0 Å². The Hall–Kier alpha value is -3.98. The number of aromatic amines is 1. The van der Waals surface area contributed by atoms with Crippen LogP contribution in [0.3, 0.4) is 0 Å². The zero-order valence-corrected chi connectivity index (χ0v) is 19.9. The Kier molecular flexibility index (Phi) is 6.33. The Morgan fingerprint density at radius 2 is 1.86 bits per heavy atom. The van der Waals surface area contributed by atoms with Crippen molar-refractivity contribution < 1.29 is 23.9 Å². The maximum absolute atomic E-state index is 12.6. The second-order valence-electron chi connectivity index (χ2n) is 8.21. The minimum atomic E-state index is -0.628. The Labute approximate surface area is 205 Å². The molecular weight excluding hydrogens is 466 g/mol. The van der Waals surface area contributed by atoms with E-state index in [0.29, 0.717) is 27.5 Å². The summed E-state index contributed by atoms with van der Waals surface area (Å²) in [5.41, 5.74) is 4.00. The third-order valence-electron chi connectivity index (χ3n) is 5.91. The van der Waals surface area contributed by atoms with Crippen molar-refractivity contribution in [1.82, 2.24) is 9.97 Å². The van der Waals surface area contributed by atoms with E-state index >= 15 is 0 Å². The maximum atomic E-state index is 12.6. The molecule has 4 aromatic rings. The van der Waals surface area contributed by atoms with Crippen molar-refractivity contribution in [2.24, 2.45) is 0 Å². The zero-order chi connectivity index (χ0) is 24.4. The lowest BCUT2D eigenvalue weighted by molar-refractivity contribution is -0.119. The van der Waals surface area contributed by atoms with Crippen LogP contribution in [0.1, 0.15) is 44.0 Å². The van der Waals surface area contributed by atoms with E-state index in [1.165, 1.54) is 18.4 Å². The molecule has 1 amide bonds. The number of benzene rings is 2. The van der Waals surface area contributed by atoms with E-state index in [2.05, 4.69) is 15.3 Å². The number of nitrogens with zero attached hydrogens (tertiary/aromatic N) is 1. The number of rotatable bonds is 6. The summed E-state index contributed by atoms with van der Waals surface area (Å²) < 4.78 is 10.2. The predicted octanol–water partition coefficient (Wildman–Crippen LogP) is 4.75.